The molecule has 1 aromatic rings. The van der Waals surface area contributed by atoms with Gasteiger partial charge in [-0.05, 0) is 6.92 Å². The van der Waals surface area contributed by atoms with E-state index >= 15 is 0 Å². The maximum Gasteiger partial charge on any atom is 1.00 e. The monoisotopic (exact) mass is 203 g/mol. The minimum Gasteiger partial charge on any atom is -0.387 e. The molecule has 0 saturated carbocycles. The van der Waals surface area contributed by atoms with Crippen molar-refractivity contribution < 1.29 is 58.2 Å². The average molecular weight is 204 g/mol. The molecule has 0 spiro atoms. The van der Waals surface area contributed by atoms with Crippen LogP contribution < -0.4 is 58.2 Å². The number of allylic oxidation sites excluding steroid dienone is 1. The van der Waals surface area contributed by atoms with Gasteiger partial charge in [0.25, 0.3) is 0 Å². The van der Waals surface area contributed by atoms with E-state index in [4.69, 9.17) is 0 Å². The zero-order valence-electron chi connectivity index (χ0n) is 6.33. The predicted molar refractivity (Wildman–Crippen MR) is 37.8 cm³/mol. The molecule has 10 heavy (non-hydrogen) atoms. The predicted octanol–water partition coefficient (Wildman–Crippen LogP) is -1.08. The van der Waals surface area contributed by atoms with Crippen LogP contribution in [-0.4, -0.2) is 4.98 Å². The molecule has 0 fully saturated rings. The Bertz CT molecular complexity index is 194. The van der Waals surface area contributed by atoms with Crippen LogP contribution in [0.25, 0.3) is 6.08 Å². The van der Waals surface area contributed by atoms with Crippen molar-refractivity contribution in [2.45, 2.75) is 6.92 Å². The van der Waals surface area contributed by atoms with Crippen LogP contribution in [0.15, 0.2) is 24.3 Å². The molecule has 0 radical (unpaired) electrons. The van der Waals surface area contributed by atoms with Crippen LogP contribution in [0, 0.1) is 6.20 Å². The van der Waals surface area contributed by atoms with E-state index in [0.29, 0.717) is 0 Å². The summed E-state index contributed by atoms with van der Waals surface area (Å²) >= 11 is 0. The third kappa shape index (κ3) is 3.76. The Morgan fingerprint density at radius 2 is 2.40 bits per heavy atom. The number of hydrogen-bond donors (Lipinski definition) is 0. The smallest absolute Gasteiger partial charge is 0.387 e. The number of aromatic nitrogens is 1. The minimum atomic E-state index is 0. The van der Waals surface area contributed by atoms with Gasteiger partial charge in [-0.1, -0.05) is 24.0 Å². The Balaban J connectivity index is 0.000000810. The van der Waals surface area contributed by atoms with Gasteiger partial charge >= 0.3 is 58.2 Å². The standard InChI is InChI=1S/C8H8N.Rb/c1-2-5-8-6-3-4-7-9-8;/h2-6H,1H3;/q-1;+1/b5-2+;. The molecule has 0 aliphatic heterocycles. The molecule has 0 aromatic carbocycles. The summed E-state index contributed by atoms with van der Waals surface area (Å²) in [6, 6.07) is 5.64. The molecule has 2 heteroatoms. The molecule has 1 heterocycles. The zero-order chi connectivity index (χ0) is 6.53. The quantitative estimate of drug-likeness (QED) is 0.530. The second-order valence-electron chi connectivity index (χ2n) is 1.69. The Labute approximate surface area is 110 Å². The first kappa shape index (κ1) is 10.7. The van der Waals surface area contributed by atoms with Gasteiger partial charge in [0.2, 0.25) is 0 Å². The fraction of sp³-hybridized carbons (Fsp3) is 0.125. The fourth-order valence-electron chi connectivity index (χ4n) is 0.602. The average Bonchev–Trinajstić information content (AvgIpc) is 1.91. The number of hydrogen-bond acceptors (Lipinski definition) is 1. The first-order valence-electron chi connectivity index (χ1n) is 2.89. The molecule has 1 nitrogen and oxygen atoms in total. The molecule has 0 aliphatic carbocycles. The summed E-state index contributed by atoms with van der Waals surface area (Å²) in [5, 5.41) is 0. The molecule has 0 N–H and O–H groups in total. The van der Waals surface area contributed by atoms with Crippen LogP contribution in [0.1, 0.15) is 12.6 Å². The molecule has 1 aromatic heterocycles. The van der Waals surface area contributed by atoms with Crippen molar-refractivity contribution in [3.63, 3.8) is 0 Å². The van der Waals surface area contributed by atoms with Gasteiger partial charge in [0, 0.05) is 0 Å². The Hall–Kier alpha value is 0.695. The van der Waals surface area contributed by atoms with Gasteiger partial charge in [0.15, 0.2) is 0 Å². The molecule has 0 aliphatic rings. The van der Waals surface area contributed by atoms with Gasteiger partial charge in [-0.2, -0.15) is 12.1 Å². The van der Waals surface area contributed by atoms with Crippen LogP contribution in [0.2, 0.25) is 0 Å². The summed E-state index contributed by atoms with van der Waals surface area (Å²) in [5.41, 5.74) is 0.958. The fourth-order valence-corrected chi connectivity index (χ4v) is 0.602. The van der Waals surface area contributed by atoms with Crippen molar-refractivity contribution in [1.82, 2.24) is 4.98 Å². The van der Waals surface area contributed by atoms with E-state index in [1.54, 1.807) is 6.07 Å². The van der Waals surface area contributed by atoms with Gasteiger partial charge in [-0.15, -0.1) is 6.07 Å². The van der Waals surface area contributed by atoms with E-state index in [-0.39, 0.29) is 58.2 Å². The molecule has 0 amide bonds. The van der Waals surface area contributed by atoms with Crippen molar-refractivity contribution in [3.05, 3.63) is 36.2 Å². The van der Waals surface area contributed by atoms with E-state index < -0.39 is 0 Å². The Morgan fingerprint density at radius 3 is 2.90 bits per heavy atom. The summed E-state index contributed by atoms with van der Waals surface area (Å²) < 4.78 is 0. The minimum absolute atomic E-state index is 0. The van der Waals surface area contributed by atoms with Crippen LogP contribution in [0.5, 0.6) is 0 Å². The van der Waals surface area contributed by atoms with E-state index in [1.165, 1.54) is 0 Å². The van der Waals surface area contributed by atoms with Gasteiger partial charge in [0.1, 0.15) is 0 Å². The maximum atomic E-state index is 3.96. The zero-order valence-corrected chi connectivity index (χ0v) is 11.3. The van der Waals surface area contributed by atoms with Crippen LogP contribution >= 0.6 is 0 Å². The van der Waals surface area contributed by atoms with Crippen LogP contribution in [0.4, 0.5) is 0 Å². The van der Waals surface area contributed by atoms with Gasteiger partial charge in [-0.3, -0.25) is 0 Å². The molecule has 0 unspecified atom stereocenters. The largest absolute Gasteiger partial charge is 1.00 e. The third-order valence-electron chi connectivity index (χ3n) is 0.969. The van der Waals surface area contributed by atoms with Crippen molar-refractivity contribution in [1.29, 1.82) is 0 Å². The maximum absolute atomic E-state index is 3.96. The summed E-state index contributed by atoms with van der Waals surface area (Å²) in [6.45, 7) is 1.97. The second-order valence-corrected chi connectivity index (χ2v) is 1.69. The number of nitrogens with zero attached hydrogens (tertiary/aromatic N) is 1. The Kier molecular flexibility index (Phi) is 6.85. The van der Waals surface area contributed by atoms with Gasteiger partial charge in [-0.25, -0.2) is 0 Å². The van der Waals surface area contributed by atoms with E-state index in [2.05, 4.69) is 11.2 Å². The van der Waals surface area contributed by atoms with Crippen molar-refractivity contribution in [3.8, 4) is 0 Å². The number of pyridine rings is 1. The van der Waals surface area contributed by atoms with Crippen molar-refractivity contribution in [2.75, 3.05) is 0 Å². The first-order valence-corrected chi connectivity index (χ1v) is 2.89. The van der Waals surface area contributed by atoms with Gasteiger partial charge in [0.05, 0.1) is 0 Å². The summed E-state index contributed by atoms with van der Waals surface area (Å²) in [5.74, 6) is 0. The SMILES string of the molecule is C/C=C/c1ccc[c-]n1.[Rb+]. The summed E-state index contributed by atoms with van der Waals surface area (Å²) in [4.78, 5) is 3.96. The number of rotatable bonds is 1. The van der Waals surface area contributed by atoms with E-state index in [9.17, 15) is 0 Å². The third-order valence-corrected chi connectivity index (χ3v) is 0.969. The molecular weight excluding hydrogens is 196 g/mol. The first-order chi connectivity index (χ1) is 4.43. The van der Waals surface area contributed by atoms with Gasteiger partial charge < -0.3 is 4.98 Å². The molecule has 0 atom stereocenters. The normalized spacial score (nSPS) is 9.30. The van der Waals surface area contributed by atoms with Crippen molar-refractivity contribution >= 4 is 6.08 Å². The van der Waals surface area contributed by atoms with Crippen LogP contribution in [0.3, 0.4) is 0 Å². The topological polar surface area (TPSA) is 12.9 Å². The van der Waals surface area contributed by atoms with Crippen LogP contribution in [-0.2, 0) is 0 Å². The molecule has 46 valence electrons. The second kappa shape index (κ2) is 6.41. The molecule has 0 bridgehead atoms. The van der Waals surface area contributed by atoms with E-state index in [1.807, 2.05) is 31.2 Å². The summed E-state index contributed by atoms with van der Waals surface area (Å²) in [7, 11) is 0. The Morgan fingerprint density at radius 1 is 1.60 bits per heavy atom. The molecule has 1 rings (SSSR count). The molecular formula is C8H8NRb. The molecule has 0 saturated heterocycles. The van der Waals surface area contributed by atoms with Crippen molar-refractivity contribution in [2.24, 2.45) is 0 Å². The summed E-state index contributed by atoms with van der Waals surface area (Å²) in [6.07, 6.45) is 6.64. The van der Waals surface area contributed by atoms with E-state index in [0.717, 1.165) is 5.69 Å².